The van der Waals surface area contributed by atoms with Gasteiger partial charge in [0.25, 0.3) is 0 Å². The number of benzene rings is 1. The van der Waals surface area contributed by atoms with Crippen molar-refractivity contribution in [2.45, 2.75) is 0 Å². The summed E-state index contributed by atoms with van der Waals surface area (Å²) in [5.41, 5.74) is 1.41. The van der Waals surface area contributed by atoms with Crippen molar-refractivity contribution >= 4 is 16.5 Å². The number of nitrogens with zero attached hydrogens (tertiary/aromatic N) is 2. The standard InChI is InChI=1S/C18H17N3O2/c22-18-15-12-14(21-9-7-19-8-10-21)5-4-13(15)11-17(23-18)16-3-1-2-6-20-16/h1-6,11-12,19H,7-10H2. The summed E-state index contributed by atoms with van der Waals surface area (Å²) in [5, 5.41) is 4.82. The number of anilines is 1. The molecular weight excluding hydrogens is 290 g/mol. The molecule has 1 aliphatic rings. The first-order chi connectivity index (χ1) is 11.3. The smallest absolute Gasteiger partial charge is 0.344 e. The van der Waals surface area contributed by atoms with Crippen LogP contribution in [-0.4, -0.2) is 31.2 Å². The van der Waals surface area contributed by atoms with Crippen LogP contribution in [0.5, 0.6) is 0 Å². The van der Waals surface area contributed by atoms with Gasteiger partial charge >= 0.3 is 5.63 Å². The van der Waals surface area contributed by atoms with Crippen LogP contribution < -0.4 is 15.8 Å². The molecule has 1 N–H and O–H groups in total. The fourth-order valence-corrected chi connectivity index (χ4v) is 2.93. The molecule has 0 spiro atoms. The number of rotatable bonds is 2. The van der Waals surface area contributed by atoms with Crippen molar-refractivity contribution in [3.8, 4) is 11.5 Å². The highest BCUT2D eigenvalue weighted by Crippen LogP contribution is 2.24. The van der Waals surface area contributed by atoms with Crippen LogP contribution in [0, 0.1) is 0 Å². The highest BCUT2D eigenvalue weighted by molar-refractivity contribution is 5.86. The van der Waals surface area contributed by atoms with Gasteiger partial charge in [-0.1, -0.05) is 12.1 Å². The number of hydrogen-bond donors (Lipinski definition) is 1. The normalized spacial score (nSPS) is 15.0. The van der Waals surface area contributed by atoms with Crippen molar-refractivity contribution in [1.29, 1.82) is 0 Å². The summed E-state index contributed by atoms with van der Waals surface area (Å²) >= 11 is 0. The highest BCUT2D eigenvalue weighted by Gasteiger charge is 2.13. The summed E-state index contributed by atoms with van der Waals surface area (Å²) in [6, 6.07) is 13.4. The molecule has 0 saturated carbocycles. The maximum absolute atomic E-state index is 12.4. The molecule has 1 aliphatic heterocycles. The van der Waals surface area contributed by atoms with Gasteiger partial charge in [0.05, 0.1) is 5.39 Å². The lowest BCUT2D eigenvalue weighted by Crippen LogP contribution is -2.43. The number of piperazine rings is 1. The van der Waals surface area contributed by atoms with Gasteiger partial charge in [-0.25, -0.2) is 4.79 Å². The summed E-state index contributed by atoms with van der Waals surface area (Å²) < 4.78 is 5.47. The monoisotopic (exact) mass is 307 g/mol. The van der Waals surface area contributed by atoms with Gasteiger partial charge in [-0.3, -0.25) is 4.98 Å². The van der Waals surface area contributed by atoms with Crippen molar-refractivity contribution in [2.24, 2.45) is 0 Å². The Morgan fingerprint density at radius 1 is 1.09 bits per heavy atom. The van der Waals surface area contributed by atoms with E-state index in [4.69, 9.17) is 4.42 Å². The van der Waals surface area contributed by atoms with Crippen molar-refractivity contribution in [1.82, 2.24) is 10.3 Å². The van der Waals surface area contributed by atoms with Crippen LogP contribution in [0.4, 0.5) is 5.69 Å². The van der Waals surface area contributed by atoms with Crippen LogP contribution in [0.15, 0.2) is 57.9 Å². The molecule has 0 amide bonds. The van der Waals surface area contributed by atoms with Gasteiger partial charge in [0.2, 0.25) is 0 Å². The second kappa shape index (κ2) is 5.85. The quantitative estimate of drug-likeness (QED) is 0.787. The predicted octanol–water partition coefficient (Wildman–Crippen LogP) is 2.26. The predicted molar refractivity (Wildman–Crippen MR) is 90.8 cm³/mol. The molecule has 0 bridgehead atoms. The van der Waals surface area contributed by atoms with E-state index in [0.29, 0.717) is 16.8 Å². The molecule has 5 heteroatoms. The van der Waals surface area contributed by atoms with Crippen LogP contribution in [-0.2, 0) is 0 Å². The fourth-order valence-electron chi connectivity index (χ4n) is 2.93. The van der Waals surface area contributed by atoms with Crippen LogP contribution in [0.1, 0.15) is 0 Å². The Morgan fingerprint density at radius 2 is 1.96 bits per heavy atom. The molecule has 1 saturated heterocycles. The molecule has 0 aliphatic carbocycles. The first kappa shape index (κ1) is 14.0. The number of hydrogen-bond acceptors (Lipinski definition) is 5. The van der Waals surface area contributed by atoms with E-state index in [1.165, 1.54) is 0 Å². The fraction of sp³-hybridized carbons (Fsp3) is 0.222. The second-order valence-corrected chi connectivity index (χ2v) is 5.62. The average Bonchev–Trinajstić information content (AvgIpc) is 2.63. The van der Waals surface area contributed by atoms with E-state index in [-0.39, 0.29) is 5.63 Å². The van der Waals surface area contributed by atoms with Gasteiger partial charge in [0.15, 0.2) is 5.76 Å². The molecule has 0 radical (unpaired) electrons. The van der Waals surface area contributed by atoms with E-state index in [1.807, 2.05) is 36.4 Å². The van der Waals surface area contributed by atoms with Gasteiger partial charge in [-0.2, -0.15) is 0 Å². The Hall–Kier alpha value is -2.66. The molecule has 4 rings (SSSR count). The Balaban J connectivity index is 1.78. The van der Waals surface area contributed by atoms with Gasteiger partial charge in [0, 0.05) is 38.1 Å². The number of aromatic nitrogens is 1. The third kappa shape index (κ3) is 2.71. The minimum absolute atomic E-state index is 0.319. The Labute approximate surface area is 133 Å². The number of fused-ring (bicyclic) bond motifs is 1. The molecule has 2 aromatic heterocycles. The van der Waals surface area contributed by atoms with Crippen LogP contribution in [0.25, 0.3) is 22.2 Å². The number of pyridine rings is 1. The molecule has 3 aromatic rings. The van der Waals surface area contributed by atoms with Crippen molar-refractivity contribution < 1.29 is 4.42 Å². The summed E-state index contributed by atoms with van der Waals surface area (Å²) in [5.74, 6) is 0.498. The van der Waals surface area contributed by atoms with Crippen molar-refractivity contribution in [3.05, 3.63) is 59.1 Å². The maximum atomic E-state index is 12.4. The van der Waals surface area contributed by atoms with E-state index in [9.17, 15) is 4.79 Å². The zero-order chi connectivity index (χ0) is 15.6. The molecule has 5 nitrogen and oxygen atoms in total. The summed E-state index contributed by atoms with van der Waals surface area (Å²) in [6.07, 6.45) is 1.69. The lowest BCUT2D eigenvalue weighted by molar-refractivity contribution is 0.532. The molecule has 1 fully saturated rings. The molecule has 0 unspecified atom stereocenters. The van der Waals surface area contributed by atoms with Crippen molar-refractivity contribution in [3.63, 3.8) is 0 Å². The summed E-state index contributed by atoms with van der Waals surface area (Å²) in [7, 11) is 0. The van der Waals surface area contributed by atoms with E-state index in [1.54, 1.807) is 6.20 Å². The number of nitrogens with one attached hydrogen (secondary N) is 1. The van der Waals surface area contributed by atoms with Crippen molar-refractivity contribution in [2.75, 3.05) is 31.1 Å². The Bertz CT molecular complexity index is 884. The summed E-state index contributed by atoms with van der Waals surface area (Å²) in [6.45, 7) is 3.82. The SMILES string of the molecule is O=c1oc(-c2ccccn2)cc2ccc(N3CCNCC3)cc12. The first-order valence-electron chi connectivity index (χ1n) is 7.76. The van der Waals surface area contributed by atoms with Crippen LogP contribution >= 0.6 is 0 Å². The maximum Gasteiger partial charge on any atom is 0.344 e. The van der Waals surface area contributed by atoms with Gasteiger partial charge < -0.3 is 14.6 Å². The lowest BCUT2D eigenvalue weighted by Gasteiger charge is -2.29. The molecule has 23 heavy (non-hydrogen) atoms. The van der Waals surface area contributed by atoms with Crippen LogP contribution in [0.2, 0.25) is 0 Å². The van der Waals surface area contributed by atoms with E-state index >= 15 is 0 Å². The van der Waals surface area contributed by atoms with E-state index in [2.05, 4.69) is 21.3 Å². The Kier molecular flexibility index (Phi) is 3.55. The average molecular weight is 307 g/mol. The molecule has 1 aromatic carbocycles. The largest absolute Gasteiger partial charge is 0.421 e. The zero-order valence-corrected chi connectivity index (χ0v) is 12.7. The molecule has 0 atom stereocenters. The molecule has 116 valence electrons. The summed E-state index contributed by atoms with van der Waals surface area (Å²) in [4.78, 5) is 18.9. The first-order valence-corrected chi connectivity index (χ1v) is 7.76. The minimum Gasteiger partial charge on any atom is -0.421 e. The van der Waals surface area contributed by atoms with E-state index < -0.39 is 0 Å². The van der Waals surface area contributed by atoms with Gasteiger partial charge in [0.1, 0.15) is 5.69 Å². The lowest BCUT2D eigenvalue weighted by atomic mass is 10.1. The molecule has 3 heterocycles. The van der Waals surface area contributed by atoms with Gasteiger partial charge in [-0.05, 0) is 35.7 Å². The van der Waals surface area contributed by atoms with E-state index in [0.717, 1.165) is 37.3 Å². The van der Waals surface area contributed by atoms with Gasteiger partial charge in [-0.15, -0.1) is 0 Å². The Morgan fingerprint density at radius 3 is 2.74 bits per heavy atom. The third-order valence-corrected chi connectivity index (χ3v) is 4.15. The third-order valence-electron chi connectivity index (χ3n) is 4.15. The zero-order valence-electron chi connectivity index (χ0n) is 12.7. The molecular formula is C18H17N3O2. The minimum atomic E-state index is -0.319. The second-order valence-electron chi connectivity index (χ2n) is 5.62. The topological polar surface area (TPSA) is 58.4 Å². The highest BCUT2D eigenvalue weighted by atomic mass is 16.4. The van der Waals surface area contributed by atoms with Crippen LogP contribution in [0.3, 0.4) is 0 Å².